The summed E-state index contributed by atoms with van der Waals surface area (Å²) in [4.78, 5) is 14.1. The molecule has 1 aliphatic rings. The Bertz CT molecular complexity index is 957. The number of halogens is 1. The molecule has 0 atom stereocenters. The van der Waals surface area contributed by atoms with E-state index in [1.165, 1.54) is 10.4 Å². The Morgan fingerprint density at radius 1 is 1.33 bits per heavy atom. The van der Waals surface area contributed by atoms with Crippen LogP contribution in [0.15, 0.2) is 29.6 Å². The Morgan fingerprint density at radius 2 is 2.17 bits per heavy atom. The molecule has 2 aromatic heterocycles. The van der Waals surface area contributed by atoms with E-state index in [0.717, 1.165) is 35.3 Å². The average molecular weight is 358 g/mol. The minimum absolute atomic E-state index is 0.184. The molecule has 0 saturated carbocycles. The molecule has 122 valence electrons. The van der Waals surface area contributed by atoms with E-state index >= 15 is 0 Å². The van der Waals surface area contributed by atoms with E-state index in [9.17, 15) is 4.79 Å². The summed E-state index contributed by atoms with van der Waals surface area (Å²) in [6.07, 6.45) is 1.80. The number of rotatable bonds is 2. The van der Waals surface area contributed by atoms with Crippen LogP contribution < -0.4 is 5.32 Å². The van der Waals surface area contributed by atoms with Gasteiger partial charge < -0.3 is 5.32 Å². The van der Waals surface area contributed by atoms with Crippen LogP contribution in [0.5, 0.6) is 0 Å². The lowest BCUT2D eigenvalue weighted by Gasteiger charge is -2.14. The van der Waals surface area contributed by atoms with Gasteiger partial charge in [0.25, 0.3) is 5.91 Å². The fourth-order valence-corrected chi connectivity index (χ4v) is 4.27. The average Bonchev–Trinajstić information content (AvgIpc) is 3.15. The quantitative estimate of drug-likeness (QED) is 0.736. The van der Waals surface area contributed by atoms with Gasteiger partial charge in [-0.15, -0.1) is 11.3 Å². The van der Waals surface area contributed by atoms with Crippen molar-refractivity contribution in [1.82, 2.24) is 9.78 Å². The first-order chi connectivity index (χ1) is 11.5. The van der Waals surface area contributed by atoms with Gasteiger partial charge in [-0.05, 0) is 48.9 Å². The molecule has 0 aliphatic heterocycles. The summed E-state index contributed by atoms with van der Waals surface area (Å²) in [7, 11) is 1.90. The molecule has 0 saturated heterocycles. The Labute approximate surface area is 149 Å². The van der Waals surface area contributed by atoms with Gasteiger partial charge in [-0.2, -0.15) is 5.10 Å². The van der Waals surface area contributed by atoms with Crippen molar-refractivity contribution in [3.63, 3.8) is 0 Å². The van der Waals surface area contributed by atoms with Crippen LogP contribution in [-0.4, -0.2) is 15.7 Å². The van der Waals surface area contributed by atoms with E-state index in [4.69, 9.17) is 11.6 Å². The third-order valence-electron chi connectivity index (χ3n) is 4.41. The normalized spacial score (nSPS) is 12.6. The molecule has 6 heteroatoms. The summed E-state index contributed by atoms with van der Waals surface area (Å²) in [5.41, 5.74) is 5.49. The smallest absolute Gasteiger partial charge is 0.276 e. The number of nitrogens with one attached hydrogen (secondary N) is 1. The second-order valence-electron chi connectivity index (χ2n) is 5.97. The molecule has 0 bridgehead atoms. The van der Waals surface area contributed by atoms with Gasteiger partial charge in [-0.3, -0.25) is 9.48 Å². The summed E-state index contributed by atoms with van der Waals surface area (Å²) < 4.78 is 1.82. The minimum Gasteiger partial charge on any atom is -0.320 e. The number of aryl methyl sites for hydroxylation is 3. The van der Waals surface area contributed by atoms with Crippen LogP contribution in [0, 0.1) is 6.92 Å². The monoisotopic (exact) mass is 357 g/mol. The SMILES string of the molecule is Cc1ccc(Cl)cc1NC(=O)c1nn(C)c2c1CCc1sccc1-2. The molecule has 24 heavy (non-hydrogen) atoms. The van der Waals surface area contributed by atoms with E-state index in [-0.39, 0.29) is 5.91 Å². The molecular weight excluding hydrogens is 342 g/mol. The van der Waals surface area contributed by atoms with Crippen molar-refractivity contribution < 1.29 is 4.79 Å². The van der Waals surface area contributed by atoms with Gasteiger partial charge in [0.05, 0.1) is 5.69 Å². The van der Waals surface area contributed by atoms with Gasteiger partial charge >= 0.3 is 0 Å². The number of nitrogens with zero attached hydrogens (tertiary/aromatic N) is 2. The third kappa shape index (κ3) is 2.44. The van der Waals surface area contributed by atoms with Gasteiger partial charge in [0.15, 0.2) is 5.69 Å². The van der Waals surface area contributed by atoms with Gasteiger partial charge in [-0.25, -0.2) is 0 Å². The summed E-state index contributed by atoms with van der Waals surface area (Å²) in [5.74, 6) is -0.184. The number of carbonyl (C=O) groups is 1. The molecular formula is C18H16ClN3OS. The number of fused-ring (bicyclic) bond motifs is 3. The van der Waals surface area contributed by atoms with Crippen LogP contribution in [0.4, 0.5) is 5.69 Å². The van der Waals surface area contributed by atoms with Crippen LogP contribution in [0.1, 0.15) is 26.5 Å². The van der Waals surface area contributed by atoms with E-state index in [1.807, 2.05) is 30.8 Å². The fourth-order valence-electron chi connectivity index (χ4n) is 3.22. The van der Waals surface area contributed by atoms with Crippen LogP contribution >= 0.6 is 22.9 Å². The molecule has 0 fully saturated rings. The second kappa shape index (κ2) is 5.76. The highest BCUT2D eigenvalue weighted by atomic mass is 35.5. The molecule has 4 nitrogen and oxygen atoms in total. The van der Waals surface area contributed by atoms with Gasteiger partial charge in [0, 0.05) is 33.8 Å². The highest BCUT2D eigenvalue weighted by molar-refractivity contribution is 7.10. The first-order valence-corrected chi connectivity index (χ1v) is 9.00. The van der Waals surface area contributed by atoms with E-state index < -0.39 is 0 Å². The van der Waals surface area contributed by atoms with Crippen molar-refractivity contribution in [1.29, 1.82) is 0 Å². The highest BCUT2D eigenvalue weighted by Crippen LogP contribution is 2.38. The Balaban J connectivity index is 1.72. The molecule has 0 unspecified atom stereocenters. The van der Waals surface area contributed by atoms with Crippen LogP contribution in [0.3, 0.4) is 0 Å². The van der Waals surface area contributed by atoms with Crippen LogP contribution in [0.25, 0.3) is 11.3 Å². The first-order valence-electron chi connectivity index (χ1n) is 7.74. The van der Waals surface area contributed by atoms with Crippen LogP contribution in [-0.2, 0) is 19.9 Å². The van der Waals surface area contributed by atoms with Crippen LogP contribution in [0.2, 0.25) is 5.02 Å². The Morgan fingerprint density at radius 3 is 3.00 bits per heavy atom. The largest absolute Gasteiger partial charge is 0.320 e. The first kappa shape index (κ1) is 15.4. The molecule has 1 N–H and O–H groups in total. The Hall–Kier alpha value is -2.11. The minimum atomic E-state index is -0.184. The zero-order valence-electron chi connectivity index (χ0n) is 13.4. The standard InChI is InChI=1S/C18H16ClN3OS/c1-10-3-4-11(19)9-14(10)20-18(23)16-13-5-6-15-12(7-8-24-15)17(13)22(2)21-16/h3-4,7-9H,5-6H2,1-2H3,(H,20,23). The van der Waals surface area contributed by atoms with Gasteiger partial charge in [-0.1, -0.05) is 17.7 Å². The van der Waals surface area contributed by atoms with Crippen molar-refractivity contribution in [2.45, 2.75) is 19.8 Å². The van der Waals surface area contributed by atoms with Gasteiger partial charge in [0.1, 0.15) is 0 Å². The number of hydrogen-bond donors (Lipinski definition) is 1. The Kier molecular flexibility index (Phi) is 3.70. The topological polar surface area (TPSA) is 46.9 Å². The maximum atomic E-state index is 12.8. The van der Waals surface area contributed by atoms with Gasteiger partial charge in [0.2, 0.25) is 0 Å². The summed E-state index contributed by atoms with van der Waals surface area (Å²) in [6, 6.07) is 7.58. The molecule has 3 aromatic rings. The van der Waals surface area contributed by atoms with E-state index in [2.05, 4.69) is 21.9 Å². The molecule has 1 aliphatic carbocycles. The number of hydrogen-bond acceptors (Lipinski definition) is 3. The zero-order chi connectivity index (χ0) is 16.8. The number of aromatic nitrogens is 2. The van der Waals surface area contributed by atoms with E-state index in [1.54, 1.807) is 17.4 Å². The zero-order valence-corrected chi connectivity index (χ0v) is 15.0. The number of amides is 1. The lowest BCUT2D eigenvalue weighted by Crippen LogP contribution is -2.16. The predicted octanol–water partition coefficient (Wildman–Crippen LogP) is 4.46. The molecule has 0 radical (unpaired) electrons. The van der Waals surface area contributed by atoms with Crippen molar-refractivity contribution in [3.05, 3.63) is 56.4 Å². The number of carbonyl (C=O) groups excluding carboxylic acids is 1. The number of thiophene rings is 1. The lowest BCUT2D eigenvalue weighted by molar-refractivity contribution is 0.102. The highest BCUT2D eigenvalue weighted by Gasteiger charge is 2.28. The molecule has 1 aromatic carbocycles. The molecule has 0 spiro atoms. The number of anilines is 1. The summed E-state index contributed by atoms with van der Waals surface area (Å²) in [6.45, 7) is 1.94. The van der Waals surface area contributed by atoms with Crippen molar-refractivity contribution >= 4 is 34.5 Å². The van der Waals surface area contributed by atoms with Crippen molar-refractivity contribution in [3.8, 4) is 11.3 Å². The van der Waals surface area contributed by atoms with E-state index in [0.29, 0.717) is 10.7 Å². The summed E-state index contributed by atoms with van der Waals surface area (Å²) in [5, 5.41) is 10.1. The lowest BCUT2D eigenvalue weighted by atomic mass is 9.94. The fraction of sp³-hybridized carbons (Fsp3) is 0.222. The predicted molar refractivity (Wildman–Crippen MR) is 98.1 cm³/mol. The molecule has 4 rings (SSSR count). The number of benzene rings is 1. The maximum absolute atomic E-state index is 12.8. The molecule has 1 amide bonds. The summed E-state index contributed by atoms with van der Waals surface area (Å²) >= 11 is 7.80. The maximum Gasteiger partial charge on any atom is 0.276 e. The third-order valence-corrected chi connectivity index (χ3v) is 5.63. The second-order valence-corrected chi connectivity index (χ2v) is 7.41. The molecule has 2 heterocycles. The van der Waals surface area contributed by atoms with Crippen molar-refractivity contribution in [2.75, 3.05) is 5.32 Å². The van der Waals surface area contributed by atoms with Crippen molar-refractivity contribution in [2.24, 2.45) is 7.05 Å².